The number of benzene rings is 1. The van der Waals surface area contributed by atoms with Crippen molar-refractivity contribution >= 4 is 17.7 Å². The molecule has 3 unspecified atom stereocenters. The van der Waals surface area contributed by atoms with Gasteiger partial charge < -0.3 is 15.5 Å². The predicted molar refractivity (Wildman–Crippen MR) is 107 cm³/mol. The van der Waals surface area contributed by atoms with E-state index in [-0.39, 0.29) is 5.56 Å². The minimum absolute atomic E-state index is 0.0840. The van der Waals surface area contributed by atoms with Gasteiger partial charge in [0.2, 0.25) is 0 Å². The van der Waals surface area contributed by atoms with Crippen LogP contribution in [0.3, 0.4) is 0 Å². The molecule has 1 fully saturated rings. The lowest BCUT2D eigenvalue weighted by Gasteiger charge is -2.27. The van der Waals surface area contributed by atoms with Gasteiger partial charge in [-0.2, -0.15) is 11.8 Å². The van der Waals surface area contributed by atoms with Gasteiger partial charge in [-0.15, -0.1) is 0 Å². The maximum absolute atomic E-state index is 14.2. The van der Waals surface area contributed by atoms with E-state index in [2.05, 4.69) is 22.5 Å². The second-order valence-electron chi connectivity index (χ2n) is 6.80. The number of aliphatic imine (C=N–C) groups is 1. The number of guanidine groups is 1. The quantitative estimate of drug-likeness (QED) is 0.558. The molecule has 0 spiro atoms. The molecule has 2 N–H and O–H groups in total. The molecule has 4 nitrogen and oxygen atoms in total. The lowest BCUT2D eigenvalue weighted by molar-refractivity contribution is 0.282. The van der Waals surface area contributed by atoms with Gasteiger partial charge in [-0.25, -0.2) is 8.78 Å². The van der Waals surface area contributed by atoms with Crippen LogP contribution in [-0.2, 0) is 0 Å². The predicted octanol–water partition coefficient (Wildman–Crippen LogP) is 3.41. The third-order valence-corrected chi connectivity index (χ3v) is 6.00. The van der Waals surface area contributed by atoms with Gasteiger partial charge in [-0.3, -0.25) is 4.99 Å². The third kappa shape index (κ3) is 5.58. The largest absolute Gasteiger partial charge is 0.354 e. The molecule has 0 heterocycles. The summed E-state index contributed by atoms with van der Waals surface area (Å²) in [6.07, 6.45) is 3.46. The number of thioether (sulfide) groups is 1. The molecule has 146 valence electrons. The van der Waals surface area contributed by atoms with Gasteiger partial charge in [-0.05, 0) is 51.2 Å². The van der Waals surface area contributed by atoms with Crippen LogP contribution in [-0.4, -0.2) is 55.6 Å². The summed E-state index contributed by atoms with van der Waals surface area (Å²) >= 11 is 2.01. The molecule has 26 heavy (non-hydrogen) atoms. The summed E-state index contributed by atoms with van der Waals surface area (Å²) < 4.78 is 28.3. The van der Waals surface area contributed by atoms with E-state index in [4.69, 9.17) is 0 Å². The average molecular weight is 385 g/mol. The smallest absolute Gasteiger partial charge is 0.191 e. The minimum Gasteiger partial charge on any atom is -0.354 e. The van der Waals surface area contributed by atoms with Crippen molar-refractivity contribution in [2.45, 2.75) is 43.5 Å². The Hall–Kier alpha value is -1.34. The van der Waals surface area contributed by atoms with E-state index < -0.39 is 17.7 Å². The fourth-order valence-electron chi connectivity index (χ4n) is 3.41. The maximum atomic E-state index is 14.2. The van der Waals surface area contributed by atoms with Crippen LogP contribution in [0.2, 0.25) is 0 Å². The molecular weight excluding hydrogens is 354 g/mol. The Morgan fingerprint density at radius 2 is 2.00 bits per heavy atom. The number of hydrogen-bond acceptors (Lipinski definition) is 3. The van der Waals surface area contributed by atoms with Crippen LogP contribution in [0.15, 0.2) is 23.2 Å². The molecule has 0 bridgehead atoms. The molecule has 7 heteroatoms. The molecule has 2 rings (SSSR count). The van der Waals surface area contributed by atoms with Crippen LogP contribution >= 0.6 is 11.8 Å². The van der Waals surface area contributed by atoms with Gasteiger partial charge in [0.15, 0.2) is 5.96 Å². The topological polar surface area (TPSA) is 39.7 Å². The zero-order valence-corrected chi connectivity index (χ0v) is 16.9. The number of likely N-dealkylation sites (N-methyl/N-ethyl adjacent to an activating group) is 1. The van der Waals surface area contributed by atoms with Crippen molar-refractivity contribution in [3.8, 4) is 0 Å². The fourth-order valence-corrected chi connectivity index (χ4v) is 4.55. The zero-order chi connectivity index (χ0) is 19.1. The molecule has 1 saturated carbocycles. The molecule has 1 aliphatic carbocycles. The van der Waals surface area contributed by atoms with Gasteiger partial charge in [0.1, 0.15) is 11.6 Å². The third-order valence-electron chi connectivity index (χ3n) is 4.77. The van der Waals surface area contributed by atoms with Crippen LogP contribution < -0.4 is 10.6 Å². The van der Waals surface area contributed by atoms with Crippen LogP contribution in [0.5, 0.6) is 0 Å². The monoisotopic (exact) mass is 384 g/mol. The Morgan fingerprint density at radius 1 is 1.31 bits per heavy atom. The number of rotatable bonds is 7. The highest BCUT2D eigenvalue weighted by molar-refractivity contribution is 7.99. The van der Waals surface area contributed by atoms with Crippen LogP contribution in [0.25, 0.3) is 0 Å². The van der Waals surface area contributed by atoms with Gasteiger partial charge in [-0.1, -0.05) is 13.0 Å². The average Bonchev–Trinajstić information content (AvgIpc) is 3.03. The van der Waals surface area contributed by atoms with E-state index in [1.54, 1.807) is 7.05 Å². The summed E-state index contributed by atoms with van der Waals surface area (Å²) in [4.78, 5) is 6.08. The molecule has 0 amide bonds. The first-order valence-corrected chi connectivity index (χ1v) is 10.2. The fraction of sp³-hybridized carbons (Fsp3) is 0.632. The summed E-state index contributed by atoms with van der Waals surface area (Å²) in [6.45, 7) is 2.56. The number of nitrogens with zero attached hydrogens (tertiary/aromatic N) is 2. The van der Waals surface area contributed by atoms with E-state index in [9.17, 15) is 8.78 Å². The lowest BCUT2D eigenvalue weighted by Crippen LogP contribution is -2.45. The number of halogens is 2. The SMILES string of the molecule is CCSC1CCC(NC(=NC)NCC(c2c(F)cccc2F)N(C)C)C1. The van der Waals surface area contributed by atoms with Gasteiger partial charge >= 0.3 is 0 Å². The van der Waals surface area contributed by atoms with Crippen molar-refractivity contribution in [2.24, 2.45) is 4.99 Å². The first kappa shape index (κ1) is 21.0. The van der Waals surface area contributed by atoms with Crippen molar-refractivity contribution in [3.63, 3.8) is 0 Å². The molecule has 1 aromatic carbocycles. The summed E-state index contributed by atoms with van der Waals surface area (Å²) in [7, 11) is 5.35. The number of nitrogens with one attached hydrogen (secondary N) is 2. The second-order valence-corrected chi connectivity index (χ2v) is 8.38. The van der Waals surface area contributed by atoms with Crippen molar-refractivity contribution in [1.29, 1.82) is 0 Å². The molecule has 0 aliphatic heterocycles. The standard InChI is InChI=1S/C19H30F2N4S/c1-5-26-14-10-9-13(11-14)24-19(22-2)23-12-17(25(3)4)18-15(20)7-6-8-16(18)21/h6-8,13-14,17H,5,9-12H2,1-4H3,(H2,22,23,24). The first-order valence-electron chi connectivity index (χ1n) is 9.15. The van der Waals surface area contributed by atoms with E-state index in [1.807, 2.05) is 30.8 Å². The van der Waals surface area contributed by atoms with Crippen LogP contribution in [0.1, 0.15) is 37.8 Å². The van der Waals surface area contributed by atoms with Gasteiger partial charge in [0.25, 0.3) is 0 Å². The molecule has 0 aromatic heterocycles. The normalized spacial score (nSPS) is 21.9. The zero-order valence-electron chi connectivity index (χ0n) is 16.1. The molecular formula is C19H30F2N4S. The second kappa shape index (κ2) is 10.1. The first-order chi connectivity index (χ1) is 12.5. The van der Waals surface area contributed by atoms with Crippen LogP contribution in [0.4, 0.5) is 8.78 Å². The van der Waals surface area contributed by atoms with E-state index in [1.165, 1.54) is 24.6 Å². The highest BCUT2D eigenvalue weighted by Gasteiger charge is 2.26. The van der Waals surface area contributed by atoms with Crippen LogP contribution in [0, 0.1) is 11.6 Å². The Labute approximate surface area is 159 Å². The highest BCUT2D eigenvalue weighted by atomic mass is 32.2. The Balaban J connectivity index is 1.97. The highest BCUT2D eigenvalue weighted by Crippen LogP contribution is 2.29. The summed E-state index contributed by atoms with van der Waals surface area (Å²) in [6, 6.07) is 3.95. The molecule has 3 atom stereocenters. The van der Waals surface area contributed by atoms with E-state index in [0.29, 0.717) is 23.8 Å². The summed E-state index contributed by atoms with van der Waals surface area (Å²) in [5, 5.41) is 7.39. The van der Waals surface area contributed by atoms with Crippen molar-refractivity contribution in [3.05, 3.63) is 35.4 Å². The van der Waals surface area contributed by atoms with E-state index in [0.717, 1.165) is 18.6 Å². The summed E-state index contributed by atoms with van der Waals surface area (Å²) in [5.41, 5.74) is 0.0840. The number of hydrogen-bond donors (Lipinski definition) is 2. The van der Waals surface area contributed by atoms with Crippen molar-refractivity contribution in [1.82, 2.24) is 15.5 Å². The van der Waals surface area contributed by atoms with Crippen molar-refractivity contribution in [2.75, 3.05) is 33.4 Å². The van der Waals surface area contributed by atoms with E-state index >= 15 is 0 Å². The molecule has 0 saturated heterocycles. The van der Waals surface area contributed by atoms with Crippen molar-refractivity contribution < 1.29 is 8.78 Å². The molecule has 1 aromatic rings. The maximum Gasteiger partial charge on any atom is 0.191 e. The van der Waals surface area contributed by atoms with Gasteiger partial charge in [0, 0.05) is 30.4 Å². The minimum atomic E-state index is -0.524. The lowest BCUT2D eigenvalue weighted by atomic mass is 10.0. The Kier molecular flexibility index (Phi) is 8.15. The summed E-state index contributed by atoms with van der Waals surface area (Å²) in [5.74, 6) is 0.774. The Morgan fingerprint density at radius 3 is 2.58 bits per heavy atom. The molecule has 1 aliphatic rings. The van der Waals surface area contributed by atoms with Gasteiger partial charge in [0.05, 0.1) is 6.04 Å². The Bertz CT molecular complexity index is 589. The molecule has 0 radical (unpaired) electrons.